The van der Waals surface area contributed by atoms with Gasteiger partial charge in [0, 0.05) is 12.4 Å². The van der Waals surface area contributed by atoms with Crippen molar-refractivity contribution >= 4 is 0 Å². The van der Waals surface area contributed by atoms with Gasteiger partial charge in [-0.15, -0.1) is 0 Å². The highest BCUT2D eigenvalue weighted by molar-refractivity contribution is 5.17. The van der Waals surface area contributed by atoms with Crippen molar-refractivity contribution in [2.75, 3.05) is 0 Å². The third kappa shape index (κ3) is 2.60. The van der Waals surface area contributed by atoms with E-state index < -0.39 is 0 Å². The molecule has 0 spiro atoms. The van der Waals surface area contributed by atoms with Crippen molar-refractivity contribution in [2.45, 2.75) is 12.5 Å². The topological polar surface area (TPSA) is 51.8 Å². The first-order chi connectivity index (χ1) is 7.36. The SMILES string of the molecule is NC(Cc1ccccc1)c1ncccn1. The summed E-state index contributed by atoms with van der Waals surface area (Å²) in [5.74, 6) is 0.696. The minimum absolute atomic E-state index is 0.131. The van der Waals surface area contributed by atoms with Gasteiger partial charge < -0.3 is 5.73 Å². The van der Waals surface area contributed by atoms with E-state index >= 15 is 0 Å². The van der Waals surface area contributed by atoms with Crippen LogP contribution in [-0.2, 0) is 6.42 Å². The van der Waals surface area contributed by atoms with Crippen LogP contribution in [0, 0.1) is 0 Å². The summed E-state index contributed by atoms with van der Waals surface area (Å²) in [7, 11) is 0. The number of benzene rings is 1. The van der Waals surface area contributed by atoms with Gasteiger partial charge in [0.2, 0.25) is 0 Å². The standard InChI is InChI=1S/C12H13N3/c13-11(12-14-7-4-8-15-12)9-10-5-2-1-3-6-10/h1-8,11H,9,13H2. The second-order valence-electron chi connectivity index (χ2n) is 3.40. The highest BCUT2D eigenvalue weighted by Gasteiger charge is 2.08. The lowest BCUT2D eigenvalue weighted by Gasteiger charge is -2.09. The predicted molar refractivity (Wildman–Crippen MR) is 59.1 cm³/mol. The number of rotatable bonds is 3. The molecule has 0 aliphatic rings. The zero-order chi connectivity index (χ0) is 10.5. The number of nitrogens with two attached hydrogens (primary N) is 1. The molecule has 2 N–H and O–H groups in total. The first-order valence-electron chi connectivity index (χ1n) is 4.92. The van der Waals surface area contributed by atoms with Gasteiger partial charge in [-0.3, -0.25) is 0 Å². The first kappa shape index (κ1) is 9.80. The van der Waals surface area contributed by atoms with Crippen molar-refractivity contribution < 1.29 is 0 Å². The van der Waals surface area contributed by atoms with Gasteiger partial charge >= 0.3 is 0 Å². The molecule has 1 unspecified atom stereocenters. The first-order valence-corrected chi connectivity index (χ1v) is 4.92. The van der Waals surface area contributed by atoms with Gasteiger partial charge in [0.05, 0.1) is 6.04 Å². The molecular weight excluding hydrogens is 186 g/mol. The smallest absolute Gasteiger partial charge is 0.145 e. The van der Waals surface area contributed by atoms with Gasteiger partial charge in [-0.1, -0.05) is 30.3 Å². The summed E-state index contributed by atoms with van der Waals surface area (Å²) in [5.41, 5.74) is 7.21. The summed E-state index contributed by atoms with van der Waals surface area (Å²) in [6.45, 7) is 0. The van der Waals surface area contributed by atoms with Crippen LogP contribution in [0.2, 0.25) is 0 Å². The summed E-state index contributed by atoms with van der Waals surface area (Å²) in [6.07, 6.45) is 4.20. The lowest BCUT2D eigenvalue weighted by atomic mass is 10.1. The molecule has 0 amide bonds. The van der Waals surface area contributed by atoms with E-state index in [1.54, 1.807) is 18.5 Å². The fraction of sp³-hybridized carbons (Fsp3) is 0.167. The molecule has 2 aromatic rings. The van der Waals surface area contributed by atoms with E-state index in [1.165, 1.54) is 5.56 Å². The molecule has 0 radical (unpaired) electrons. The molecule has 1 aromatic heterocycles. The van der Waals surface area contributed by atoms with Crippen LogP contribution in [0.25, 0.3) is 0 Å². The molecule has 0 aliphatic carbocycles. The number of hydrogen-bond donors (Lipinski definition) is 1. The molecule has 1 atom stereocenters. The summed E-state index contributed by atoms with van der Waals surface area (Å²) in [5, 5.41) is 0. The van der Waals surface area contributed by atoms with Crippen LogP contribution in [-0.4, -0.2) is 9.97 Å². The number of nitrogens with zero attached hydrogens (tertiary/aromatic N) is 2. The molecule has 3 heteroatoms. The molecule has 0 saturated carbocycles. The molecule has 1 aromatic carbocycles. The Kier molecular flexibility index (Phi) is 3.05. The van der Waals surface area contributed by atoms with Crippen molar-refractivity contribution in [2.24, 2.45) is 5.73 Å². The molecule has 2 rings (SSSR count). The maximum absolute atomic E-state index is 6.00. The summed E-state index contributed by atoms with van der Waals surface area (Å²) in [6, 6.07) is 11.8. The monoisotopic (exact) mass is 199 g/mol. The molecule has 15 heavy (non-hydrogen) atoms. The number of aromatic nitrogens is 2. The second-order valence-corrected chi connectivity index (χ2v) is 3.40. The van der Waals surface area contributed by atoms with Gasteiger partial charge in [-0.2, -0.15) is 0 Å². The third-order valence-electron chi connectivity index (χ3n) is 2.22. The molecular formula is C12H13N3. The molecule has 1 heterocycles. The average molecular weight is 199 g/mol. The predicted octanol–water partition coefficient (Wildman–Crippen LogP) is 1.72. The van der Waals surface area contributed by atoms with Crippen LogP contribution in [0.5, 0.6) is 0 Å². The largest absolute Gasteiger partial charge is 0.321 e. The Balaban J connectivity index is 2.08. The third-order valence-corrected chi connectivity index (χ3v) is 2.22. The van der Waals surface area contributed by atoms with Crippen LogP contribution >= 0.6 is 0 Å². The zero-order valence-corrected chi connectivity index (χ0v) is 8.38. The zero-order valence-electron chi connectivity index (χ0n) is 8.38. The quantitative estimate of drug-likeness (QED) is 0.818. The Morgan fingerprint density at radius 3 is 2.33 bits per heavy atom. The van der Waals surface area contributed by atoms with Gasteiger partial charge in [0.1, 0.15) is 5.82 Å². The molecule has 0 aliphatic heterocycles. The van der Waals surface area contributed by atoms with E-state index in [1.807, 2.05) is 18.2 Å². The maximum Gasteiger partial charge on any atom is 0.145 e. The molecule has 76 valence electrons. The van der Waals surface area contributed by atoms with Crippen molar-refractivity contribution in [1.82, 2.24) is 9.97 Å². The second kappa shape index (κ2) is 4.66. The van der Waals surface area contributed by atoms with E-state index in [4.69, 9.17) is 5.73 Å². The molecule has 0 saturated heterocycles. The highest BCUT2D eigenvalue weighted by Crippen LogP contribution is 2.11. The lowest BCUT2D eigenvalue weighted by molar-refractivity contribution is 0.667. The Labute approximate surface area is 89.0 Å². The minimum atomic E-state index is -0.131. The van der Waals surface area contributed by atoms with Gasteiger partial charge in [-0.25, -0.2) is 9.97 Å². The van der Waals surface area contributed by atoms with Gasteiger partial charge in [0.25, 0.3) is 0 Å². The number of hydrogen-bond acceptors (Lipinski definition) is 3. The normalized spacial score (nSPS) is 12.3. The molecule has 0 fully saturated rings. The van der Waals surface area contributed by atoms with Crippen molar-refractivity contribution in [3.63, 3.8) is 0 Å². The Bertz CT molecular complexity index is 400. The lowest BCUT2D eigenvalue weighted by Crippen LogP contribution is -2.16. The summed E-state index contributed by atoms with van der Waals surface area (Å²) < 4.78 is 0. The van der Waals surface area contributed by atoms with Gasteiger partial charge in [-0.05, 0) is 18.1 Å². The average Bonchev–Trinajstić information content (AvgIpc) is 2.31. The maximum atomic E-state index is 6.00. The Morgan fingerprint density at radius 2 is 1.67 bits per heavy atom. The Hall–Kier alpha value is -1.74. The van der Waals surface area contributed by atoms with Crippen molar-refractivity contribution in [3.05, 3.63) is 60.2 Å². The van der Waals surface area contributed by atoms with E-state index in [9.17, 15) is 0 Å². The van der Waals surface area contributed by atoms with Crippen LogP contribution in [0.4, 0.5) is 0 Å². The highest BCUT2D eigenvalue weighted by atomic mass is 14.9. The van der Waals surface area contributed by atoms with E-state index in [0.717, 1.165) is 6.42 Å². The van der Waals surface area contributed by atoms with Crippen LogP contribution in [0.15, 0.2) is 48.8 Å². The van der Waals surface area contributed by atoms with Crippen molar-refractivity contribution in [3.8, 4) is 0 Å². The van der Waals surface area contributed by atoms with Crippen LogP contribution < -0.4 is 5.73 Å². The summed E-state index contributed by atoms with van der Waals surface area (Å²) in [4.78, 5) is 8.28. The Morgan fingerprint density at radius 1 is 1.00 bits per heavy atom. The fourth-order valence-electron chi connectivity index (χ4n) is 1.46. The molecule has 3 nitrogen and oxygen atoms in total. The van der Waals surface area contributed by atoms with Crippen LogP contribution in [0.3, 0.4) is 0 Å². The van der Waals surface area contributed by atoms with Crippen molar-refractivity contribution in [1.29, 1.82) is 0 Å². The van der Waals surface area contributed by atoms with E-state index in [0.29, 0.717) is 5.82 Å². The van der Waals surface area contributed by atoms with E-state index in [2.05, 4.69) is 22.1 Å². The fourth-order valence-corrected chi connectivity index (χ4v) is 1.46. The van der Waals surface area contributed by atoms with Gasteiger partial charge in [0.15, 0.2) is 0 Å². The van der Waals surface area contributed by atoms with Crippen LogP contribution in [0.1, 0.15) is 17.4 Å². The summed E-state index contributed by atoms with van der Waals surface area (Å²) >= 11 is 0. The minimum Gasteiger partial charge on any atom is -0.321 e. The molecule has 0 bridgehead atoms. The van der Waals surface area contributed by atoms with E-state index in [-0.39, 0.29) is 6.04 Å².